The molecule has 0 saturated carbocycles. The van der Waals surface area contributed by atoms with Crippen LogP contribution in [0.4, 0.5) is 11.4 Å². The van der Waals surface area contributed by atoms with E-state index in [4.69, 9.17) is 0 Å². The Morgan fingerprint density at radius 3 is 2.43 bits per heavy atom. The first kappa shape index (κ1) is 19.9. The lowest BCUT2D eigenvalue weighted by Gasteiger charge is -2.23. The topological polar surface area (TPSA) is 33.1 Å². The van der Waals surface area contributed by atoms with E-state index in [1.807, 2.05) is 18.3 Å². The maximum absolute atomic E-state index is 4.57. The van der Waals surface area contributed by atoms with Crippen LogP contribution in [0.3, 0.4) is 0 Å². The third-order valence-electron chi connectivity index (χ3n) is 7.04. The van der Waals surface area contributed by atoms with Crippen molar-refractivity contribution in [2.24, 2.45) is 0 Å². The van der Waals surface area contributed by atoms with E-state index in [1.165, 1.54) is 38.7 Å². The summed E-state index contributed by atoms with van der Waals surface area (Å²) < 4.78 is 2.38. The first-order valence-corrected chi connectivity index (χ1v) is 11.9. The molecule has 1 N–H and O–H groups in total. The van der Waals surface area contributed by atoms with Gasteiger partial charge in [-0.25, -0.2) is 0 Å². The molecule has 1 atom stereocenters. The summed E-state index contributed by atoms with van der Waals surface area (Å²) in [5.41, 5.74) is 9.25. The maximum atomic E-state index is 4.57. The Morgan fingerprint density at radius 2 is 1.54 bits per heavy atom. The van der Waals surface area contributed by atoms with E-state index in [-0.39, 0.29) is 6.17 Å². The summed E-state index contributed by atoms with van der Waals surface area (Å²) in [6, 6.07) is 38.7. The molecular formula is C31H24N4. The summed E-state index contributed by atoms with van der Waals surface area (Å²) >= 11 is 0. The smallest absolute Gasteiger partial charge is 0.125 e. The molecule has 0 saturated heterocycles. The molecule has 0 fully saturated rings. The van der Waals surface area contributed by atoms with Crippen LogP contribution in [0, 0.1) is 0 Å². The number of hydrogen-bond donors (Lipinski definition) is 1. The minimum absolute atomic E-state index is 0.0862. The molecule has 0 amide bonds. The van der Waals surface area contributed by atoms with E-state index in [1.54, 1.807) is 0 Å². The van der Waals surface area contributed by atoms with Gasteiger partial charge in [-0.05, 0) is 54.1 Å². The zero-order valence-corrected chi connectivity index (χ0v) is 19.4. The summed E-state index contributed by atoms with van der Waals surface area (Å²) in [5, 5.41) is 6.21. The van der Waals surface area contributed by atoms with E-state index >= 15 is 0 Å². The number of hydrogen-bond acceptors (Lipinski definition) is 3. The normalized spacial score (nSPS) is 14.9. The van der Waals surface area contributed by atoms with Gasteiger partial charge in [0.2, 0.25) is 0 Å². The van der Waals surface area contributed by atoms with Gasteiger partial charge in [-0.15, -0.1) is 0 Å². The van der Waals surface area contributed by atoms with Crippen LogP contribution in [0.5, 0.6) is 0 Å². The molecule has 2 aromatic heterocycles. The molecule has 35 heavy (non-hydrogen) atoms. The zero-order chi connectivity index (χ0) is 23.4. The van der Waals surface area contributed by atoms with Crippen molar-refractivity contribution in [3.63, 3.8) is 0 Å². The summed E-state index contributed by atoms with van der Waals surface area (Å²) in [6.45, 7) is 0. The first-order chi connectivity index (χ1) is 17.3. The number of para-hydroxylation sites is 3. The molecule has 1 unspecified atom stereocenters. The number of pyridine rings is 1. The largest absolute Gasteiger partial charge is 0.360 e. The van der Waals surface area contributed by atoms with E-state index in [0.29, 0.717) is 0 Å². The Hall–Kier alpha value is -4.57. The van der Waals surface area contributed by atoms with Gasteiger partial charge in [0.05, 0.1) is 28.1 Å². The highest BCUT2D eigenvalue weighted by molar-refractivity contribution is 6.09. The van der Waals surface area contributed by atoms with Gasteiger partial charge >= 0.3 is 0 Å². The average Bonchev–Trinajstić information content (AvgIpc) is 3.44. The average molecular weight is 453 g/mol. The van der Waals surface area contributed by atoms with Crippen molar-refractivity contribution in [2.75, 3.05) is 17.3 Å². The van der Waals surface area contributed by atoms with Gasteiger partial charge in [0, 0.05) is 35.3 Å². The lowest BCUT2D eigenvalue weighted by atomic mass is 10.1. The molecule has 0 spiro atoms. The van der Waals surface area contributed by atoms with Crippen molar-refractivity contribution in [1.82, 2.24) is 9.55 Å². The first-order valence-electron chi connectivity index (χ1n) is 11.9. The van der Waals surface area contributed by atoms with Crippen molar-refractivity contribution in [3.8, 4) is 16.9 Å². The molecular weight excluding hydrogens is 428 g/mol. The van der Waals surface area contributed by atoms with Crippen LogP contribution in [-0.4, -0.2) is 16.6 Å². The van der Waals surface area contributed by atoms with Crippen LogP contribution in [0.25, 0.3) is 38.8 Å². The fraction of sp³-hybridized carbons (Fsp3) is 0.0645. The predicted octanol–water partition coefficient (Wildman–Crippen LogP) is 7.41. The standard InChI is InChI=1S/C31H24N4/c1-34-29-15-5-3-13-27(29)33-31(34)22-16-17-25-24-11-2-4-14-28(24)35(30(25)20-22)23-10-8-9-21(19-23)26-12-6-7-18-32-26/h2-20,31,33H,1H3. The quantitative estimate of drug-likeness (QED) is 0.304. The van der Waals surface area contributed by atoms with Crippen molar-refractivity contribution in [1.29, 1.82) is 0 Å². The second-order valence-electron chi connectivity index (χ2n) is 9.07. The van der Waals surface area contributed by atoms with Crippen molar-refractivity contribution < 1.29 is 0 Å². The summed E-state index contributed by atoms with van der Waals surface area (Å²) in [4.78, 5) is 6.88. The zero-order valence-electron chi connectivity index (χ0n) is 19.4. The molecule has 6 aromatic rings. The number of aromatic nitrogens is 2. The summed E-state index contributed by atoms with van der Waals surface area (Å²) in [7, 11) is 2.15. The number of anilines is 2. The van der Waals surface area contributed by atoms with Crippen LogP contribution >= 0.6 is 0 Å². The SMILES string of the molecule is CN1c2ccccc2NC1c1ccc2c3ccccc3n(-c3cccc(-c4ccccn4)c3)c2c1. The number of nitrogens with one attached hydrogen (secondary N) is 1. The Kier molecular flexibility index (Phi) is 4.39. The molecule has 4 nitrogen and oxygen atoms in total. The molecule has 1 aliphatic rings. The third kappa shape index (κ3) is 3.11. The number of benzene rings is 4. The van der Waals surface area contributed by atoms with E-state index in [0.717, 1.165) is 16.9 Å². The number of fused-ring (bicyclic) bond motifs is 4. The maximum Gasteiger partial charge on any atom is 0.125 e. The van der Waals surface area contributed by atoms with Gasteiger partial charge < -0.3 is 14.8 Å². The number of nitrogens with zero attached hydrogens (tertiary/aromatic N) is 3. The fourth-order valence-corrected chi connectivity index (χ4v) is 5.37. The molecule has 0 bridgehead atoms. The second-order valence-corrected chi connectivity index (χ2v) is 9.07. The summed E-state index contributed by atoms with van der Waals surface area (Å²) in [5.74, 6) is 0. The van der Waals surface area contributed by atoms with Gasteiger partial charge in [-0.2, -0.15) is 0 Å². The van der Waals surface area contributed by atoms with Gasteiger partial charge in [-0.1, -0.05) is 60.7 Å². The fourth-order valence-electron chi connectivity index (χ4n) is 5.37. The minimum atomic E-state index is 0.0862. The van der Waals surface area contributed by atoms with Crippen LogP contribution < -0.4 is 10.2 Å². The molecule has 1 aliphatic heterocycles. The molecule has 0 radical (unpaired) electrons. The van der Waals surface area contributed by atoms with Crippen LogP contribution in [0.15, 0.2) is 115 Å². The van der Waals surface area contributed by atoms with Crippen molar-refractivity contribution in [3.05, 3.63) is 121 Å². The van der Waals surface area contributed by atoms with E-state index < -0.39 is 0 Å². The van der Waals surface area contributed by atoms with E-state index in [9.17, 15) is 0 Å². The van der Waals surface area contributed by atoms with Gasteiger partial charge in [0.1, 0.15) is 6.17 Å². The molecule has 0 aliphatic carbocycles. The molecule has 4 heteroatoms. The van der Waals surface area contributed by atoms with Gasteiger partial charge in [0.15, 0.2) is 0 Å². The highest BCUT2D eigenvalue weighted by Crippen LogP contribution is 2.41. The van der Waals surface area contributed by atoms with Gasteiger partial charge in [-0.3, -0.25) is 4.98 Å². The van der Waals surface area contributed by atoms with Crippen molar-refractivity contribution in [2.45, 2.75) is 6.17 Å². The lowest BCUT2D eigenvalue weighted by Crippen LogP contribution is -2.23. The Balaban J connectivity index is 1.42. The van der Waals surface area contributed by atoms with Gasteiger partial charge in [0.25, 0.3) is 0 Å². The van der Waals surface area contributed by atoms with E-state index in [2.05, 4.69) is 124 Å². The lowest BCUT2D eigenvalue weighted by molar-refractivity contribution is 0.793. The minimum Gasteiger partial charge on any atom is -0.360 e. The van der Waals surface area contributed by atoms with Crippen LogP contribution in [0.1, 0.15) is 11.7 Å². The second kappa shape index (κ2) is 7.74. The Labute approximate surface area is 204 Å². The highest BCUT2D eigenvalue weighted by Gasteiger charge is 2.27. The Morgan fingerprint density at radius 1 is 0.714 bits per heavy atom. The molecule has 168 valence electrons. The monoisotopic (exact) mass is 452 g/mol. The summed E-state index contributed by atoms with van der Waals surface area (Å²) in [6.07, 6.45) is 1.93. The third-order valence-corrected chi connectivity index (χ3v) is 7.04. The Bertz CT molecular complexity index is 1700. The predicted molar refractivity (Wildman–Crippen MR) is 145 cm³/mol. The molecule has 4 aromatic carbocycles. The van der Waals surface area contributed by atoms with Crippen LogP contribution in [-0.2, 0) is 0 Å². The molecule has 3 heterocycles. The van der Waals surface area contributed by atoms with Crippen LogP contribution in [0.2, 0.25) is 0 Å². The molecule has 7 rings (SSSR count). The number of rotatable bonds is 3. The highest BCUT2D eigenvalue weighted by atomic mass is 15.3. The van der Waals surface area contributed by atoms with Crippen molar-refractivity contribution >= 4 is 33.2 Å².